The number of imide groups is 1. The Bertz CT molecular complexity index is 1860. The molecule has 242 valence electrons. The topological polar surface area (TPSA) is 101 Å². The average Bonchev–Trinajstić information content (AvgIpc) is 3.43. The van der Waals surface area contributed by atoms with E-state index in [1.807, 2.05) is 0 Å². The van der Waals surface area contributed by atoms with E-state index < -0.39 is 61.9 Å². The number of hydrogen-bond donors (Lipinski definition) is 0. The summed E-state index contributed by atoms with van der Waals surface area (Å²) in [5.74, 6) is -7.16. The predicted molar refractivity (Wildman–Crippen MR) is 182 cm³/mol. The van der Waals surface area contributed by atoms with Crippen molar-refractivity contribution in [1.82, 2.24) is 10.0 Å². The highest BCUT2D eigenvalue weighted by Gasteiger charge is 2.88. The Morgan fingerprint density at radius 2 is 1.19 bits per heavy atom. The van der Waals surface area contributed by atoms with Crippen molar-refractivity contribution in [2.24, 2.45) is 11.8 Å². The number of amides is 3. The van der Waals surface area contributed by atoms with Crippen LogP contribution in [-0.2, 0) is 9.59 Å². The molecular weight excluding hydrogens is 824 g/mol. The van der Waals surface area contributed by atoms with Gasteiger partial charge in [0.05, 0.1) is 27.5 Å². The Kier molecular flexibility index (Phi) is 8.97. The molecule has 2 bridgehead atoms. The fourth-order valence-corrected chi connectivity index (χ4v) is 9.20. The van der Waals surface area contributed by atoms with Gasteiger partial charge in [0, 0.05) is 20.6 Å². The van der Waals surface area contributed by atoms with Crippen molar-refractivity contribution < 1.29 is 28.7 Å². The van der Waals surface area contributed by atoms with Crippen LogP contribution in [0.5, 0.6) is 5.75 Å². The summed E-state index contributed by atoms with van der Waals surface area (Å²) in [5.41, 5.74) is 0.369. The van der Waals surface area contributed by atoms with E-state index >= 15 is 0 Å². The third kappa shape index (κ3) is 5.12. The van der Waals surface area contributed by atoms with Gasteiger partial charge in [0.15, 0.2) is 10.1 Å². The predicted octanol–water partition coefficient (Wildman–Crippen LogP) is 8.01. The fraction of sp³-hybridized carbons (Fsp3) is 0.194. The van der Waals surface area contributed by atoms with Gasteiger partial charge in [-0.1, -0.05) is 73.9 Å². The lowest BCUT2D eigenvalue weighted by Gasteiger charge is -2.36. The Morgan fingerprint density at radius 1 is 0.723 bits per heavy atom. The molecule has 6 rings (SSSR count). The number of esters is 1. The van der Waals surface area contributed by atoms with Crippen molar-refractivity contribution in [1.29, 1.82) is 0 Å². The number of ketones is 1. The van der Waals surface area contributed by atoms with Crippen molar-refractivity contribution in [3.05, 3.63) is 109 Å². The number of Topliss-reactive ketones (excluding diaryl/α,β-unsaturated/α-hetero) is 1. The molecule has 0 N–H and O–H groups in total. The van der Waals surface area contributed by atoms with Gasteiger partial charge in [0.1, 0.15) is 22.0 Å². The summed E-state index contributed by atoms with van der Waals surface area (Å²) in [6.45, 7) is -0.789. The molecule has 47 heavy (non-hydrogen) atoms. The summed E-state index contributed by atoms with van der Waals surface area (Å²) in [5, 5.41) is 0.890. The number of ether oxygens (including phenoxy) is 1. The molecule has 3 amide bonds. The minimum absolute atomic E-state index is 0.00238. The Balaban J connectivity index is 1.30. The normalized spacial score (nSPS) is 25.7. The lowest BCUT2D eigenvalue weighted by molar-refractivity contribution is -0.154. The lowest BCUT2D eigenvalue weighted by atomic mass is 9.84. The van der Waals surface area contributed by atoms with Crippen LogP contribution >= 0.6 is 97.1 Å². The molecule has 1 saturated heterocycles. The van der Waals surface area contributed by atoms with Crippen LogP contribution in [-0.4, -0.2) is 60.1 Å². The largest absolute Gasteiger partial charge is 0.423 e. The molecule has 1 aliphatic heterocycles. The van der Waals surface area contributed by atoms with Crippen LogP contribution in [0.3, 0.4) is 0 Å². The molecule has 1 saturated carbocycles. The molecular formula is C31H16BrCl7N2O6. The van der Waals surface area contributed by atoms with E-state index in [9.17, 15) is 24.0 Å². The maximum absolute atomic E-state index is 14.0. The molecule has 0 radical (unpaired) electrons. The van der Waals surface area contributed by atoms with E-state index in [0.29, 0.717) is 20.6 Å². The highest BCUT2D eigenvalue weighted by Crippen LogP contribution is 2.77. The Hall–Kier alpha value is -2.34. The van der Waals surface area contributed by atoms with Gasteiger partial charge in [0.2, 0.25) is 0 Å². The van der Waals surface area contributed by atoms with Gasteiger partial charge in [-0.2, -0.15) is 5.01 Å². The van der Waals surface area contributed by atoms with Crippen LogP contribution in [0.15, 0.2) is 87.3 Å². The highest BCUT2D eigenvalue weighted by molar-refractivity contribution is 9.10. The van der Waals surface area contributed by atoms with Crippen LogP contribution in [0.25, 0.3) is 0 Å². The molecule has 0 aromatic heterocycles. The molecule has 0 spiro atoms. The molecule has 3 aromatic carbocycles. The van der Waals surface area contributed by atoms with Gasteiger partial charge in [-0.15, -0.1) is 23.2 Å². The Morgan fingerprint density at radius 3 is 1.70 bits per heavy atom. The van der Waals surface area contributed by atoms with E-state index in [4.69, 9.17) is 85.9 Å². The molecule has 1 heterocycles. The molecule has 0 unspecified atom stereocenters. The maximum Gasteiger partial charge on any atom is 0.343 e. The fourth-order valence-electron chi connectivity index (χ4n) is 5.88. The summed E-state index contributed by atoms with van der Waals surface area (Å²) < 4.78 is 3.98. The molecule has 4 atom stereocenters. The monoisotopic (exact) mass is 836 g/mol. The average molecular weight is 841 g/mol. The smallest absolute Gasteiger partial charge is 0.343 e. The molecule has 2 aliphatic carbocycles. The first-order chi connectivity index (χ1) is 22.0. The number of rotatable bonds is 7. The zero-order valence-corrected chi connectivity index (χ0v) is 30.0. The number of hydrazine groups is 1. The summed E-state index contributed by atoms with van der Waals surface area (Å²) in [7, 11) is 0. The van der Waals surface area contributed by atoms with E-state index in [1.54, 1.807) is 24.3 Å². The summed E-state index contributed by atoms with van der Waals surface area (Å²) in [6.07, 6.45) is 0. The van der Waals surface area contributed by atoms with Crippen molar-refractivity contribution in [3.63, 3.8) is 0 Å². The van der Waals surface area contributed by atoms with Crippen LogP contribution in [0.1, 0.15) is 31.1 Å². The van der Waals surface area contributed by atoms with Crippen molar-refractivity contribution in [2.75, 3.05) is 6.54 Å². The summed E-state index contributed by atoms with van der Waals surface area (Å²) >= 11 is 48.9. The summed E-state index contributed by atoms with van der Waals surface area (Å²) in [6, 6.07) is 17.6. The highest BCUT2D eigenvalue weighted by atomic mass is 79.9. The first-order valence-electron chi connectivity index (χ1n) is 13.4. The number of nitrogens with zero attached hydrogens (tertiary/aromatic N) is 2. The number of fused-ring (bicyclic) bond motifs is 5. The molecule has 8 nitrogen and oxygen atoms in total. The maximum atomic E-state index is 14.0. The standard InChI is InChI=1S/C31H16BrCl7N2O6/c32-17-7-1-16(2-8-17)28(46)47-19-11-5-14(6-12-19)20(42)13-40(25(43)15-3-9-18(33)10-4-15)41-26(44)21-22(27(41)45)30(37)24(35)23(34)29(21,36)31(30,38)39/h1-12,21-22H,13H2/t21-,22+,29-,30-/m1/s1. The zero-order valence-electron chi connectivity index (χ0n) is 23.2. The minimum atomic E-state index is -2.19. The van der Waals surface area contributed by atoms with Crippen LogP contribution in [0.2, 0.25) is 5.02 Å². The van der Waals surface area contributed by atoms with Crippen molar-refractivity contribution in [2.45, 2.75) is 14.1 Å². The Labute approximate surface area is 310 Å². The van der Waals surface area contributed by atoms with Gasteiger partial charge in [-0.3, -0.25) is 19.2 Å². The molecule has 16 heteroatoms. The minimum Gasteiger partial charge on any atom is -0.423 e. The number of hydrogen-bond acceptors (Lipinski definition) is 6. The number of allylic oxidation sites excluding steroid dienone is 2. The van der Waals surface area contributed by atoms with Gasteiger partial charge >= 0.3 is 5.97 Å². The molecule has 3 aromatic rings. The first-order valence-corrected chi connectivity index (χ1v) is 16.9. The van der Waals surface area contributed by atoms with Crippen molar-refractivity contribution in [3.8, 4) is 5.75 Å². The zero-order chi connectivity index (χ0) is 34.2. The van der Waals surface area contributed by atoms with Gasteiger partial charge in [0.25, 0.3) is 17.7 Å². The number of halogens is 8. The second-order valence-electron chi connectivity index (χ2n) is 10.8. The van der Waals surface area contributed by atoms with E-state index in [2.05, 4.69) is 15.9 Å². The second kappa shape index (κ2) is 12.2. The summed E-state index contributed by atoms with van der Waals surface area (Å²) in [4.78, 5) is 63.9. The third-order valence-electron chi connectivity index (χ3n) is 8.21. The SMILES string of the molecule is O=C(CN(C(=O)c1ccc(Cl)cc1)N1C(=O)[C@@H]2[C@H](C1=O)[C@@]1(Cl)C(Cl)=C(Cl)[C@@]2(Cl)C1(Cl)Cl)c1ccc(OC(=O)c2ccc(Br)cc2)cc1. The van der Waals surface area contributed by atoms with E-state index in [0.717, 1.165) is 4.47 Å². The van der Waals surface area contributed by atoms with Gasteiger partial charge < -0.3 is 4.74 Å². The quantitative estimate of drug-likeness (QED) is 0.0787. The first kappa shape index (κ1) is 34.5. The van der Waals surface area contributed by atoms with Gasteiger partial charge in [-0.05, 0) is 72.8 Å². The van der Waals surface area contributed by atoms with Crippen LogP contribution in [0, 0.1) is 11.8 Å². The van der Waals surface area contributed by atoms with Gasteiger partial charge in [-0.25, -0.2) is 9.80 Å². The van der Waals surface area contributed by atoms with Crippen LogP contribution in [0.4, 0.5) is 0 Å². The number of carbonyl (C=O) groups excluding carboxylic acids is 5. The number of benzene rings is 3. The second-order valence-corrected chi connectivity index (χ2v) is 15.4. The van der Waals surface area contributed by atoms with E-state index in [1.165, 1.54) is 48.5 Å². The number of carbonyl (C=O) groups is 5. The van der Waals surface area contributed by atoms with E-state index in [-0.39, 0.29) is 26.9 Å². The number of alkyl halides is 4. The molecule has 3 aliphatic rings. The third-order valence-corrected chi connectivity index (χ3v) is 13.3. The lowest BCUT2D eigenvalue weighted by Crippen LogP contribution is -2.56. The van der Waals surface area contributed by atoms with Crippen LogP contribution < -0.4 is 4.74 Å². The molecule has 2 fully saturated rings. The van der Waals surface area contributed by atoms with Crippen molar-refractivity contribution >= 4 is 127 Å².